The van der Waals surface area contributed by atoms with E-state index in [0.717, 1.165) is 11.8 Å². The monoisotopic (exact) mass is 402 g/mol. The largest absolute Gasteiger partial charge is 0.471 e. The number of benzene rings is 2. The number of carbonyl (C=O) groups excluding carboxylic acids is 2. The molecule has 1 atom stereocenters. The molecule has 0 aliphatic rings. The van der Waals surface area contributed by atoms with Gasteiger partial charge in [0.15, 0.2) is 12.0 Å². The van der Waals surface area contributed by atoms with Crippen LogP contribution in [0, 0.1) is 0 Å². The summed E-state index contributed by atoms with van der Waals surface area (Å²) in [7, 11) is 0. The van der Waals surface area contributed by atoms with Gasteiger partial charge in [0.1, 0.15) is 11.3 Å². The maximum absolute atomic E-state index is 12.6. The van der Waals surface area contributed by atoms with Gasteiger partial charge < -0.3 is 14.5 Å². The van der Waals surface area contributed by atoms with Crippen molar-refractivity contribution in [1.29, 1.82) is 0 Å². The molecule has 2 amide bonds. The quantitative estimate of drug-likeness (QED) is 0.313. The first-order chi connectivity index (χ1) is 13.5. The predicted octanol–water partition coefficient (Wildman–Crippen LogP) is 4.14. The van der Waals surface area contributed by atoms with Crippen LogP contribution in [0.5, 0.6) is 5.75 Å². The number of furan rings is 1. The predicted molar refractivity (Wildman–Crippen MR) is 104 cm³/mol. The molecular weight excluding hydrogens is 384 g/mol. The van der Waals surface area contributed by atoms with Crippen molar-refractivity contribution in [3.8, 4) is 5.75 Å². The number of ether oxygens (including phenoxy) is 1. The Balaban J connectivity index is 1.70. The second-order valence-corrected chi connectivity index (χ2v) is 6.56. The number of carbonyl (C=O) groups is 2. The lowest BCUT2D eigenvalue weighted by atomic mass is 10.2. The van der Waals surface area contributed by atoms with Crippen molar-refractivity contribution in [2.24, 2.45) is 0 Å². The molecular formula is C20H19ClN2O5. The smallest absolute Gasteiger partial charge is 0.289 e. The van der Waals surface area contributed by atoms with E-state index < -0.39 is 18.0 Å². The second kappa shape index (κ2) is 8.77. The zero-order valence-corrected chi connectivity index (χ0v) is 15.8. The molecule has 0 saturated heterocycles. The lowest BCUT2D eigenvalue weighted by Crippen LogP contribution is -2.38. The Labute approximate surface area is 166 Å². The van der Waals surface area contributed by atoms with Gasteiger partial charge in [-0.3, -0.25) is 14.8 Å². The number of hydrogen-bond donors (Lipinski definition) is 3. The van der Waals surface area contributed by atoms with Gasteiger partial charge in [0.05, 0.1) is 0 Å². The molecule has 146 valence electrons. The molecule has 0 aliphatic carbocycles. The van der Waals surface area contributed by atoms with Crippen molar-refractivity contribution in [3.63, 3.8) is 0 Å². The Morgan fingerprint density at radius 3 is 2.57 bits per heavy atom. The van der Waals surface area contributed by atoms with Gasteiger partial charge in [-0.25, -0.2) is 5.48 Å². The molecule has 7 nitrogen and oxygen atoms in total. The molecule has 1 heterocycles. The van der Waals surface area contributed by atoms with Crippen molar-refractivity contribution in [2.75, 3.05) is 0 Å². The van der Waals surface area contributed by atoms with E-state index in [0.29, 0.717) is 22.8 Å². The van der Waals surface area contributed by atoms with E-state index in [1.807, 2.05) is 6.92 Å². The van der Waals surface area contributed by atoms with Gasteiger partial charge in [-0.1, -0.05) is 24.9 Å². The molecule has 3 rings (SSSR count). The molecule has 1 aromatic heterocycles. The molecule has 1 unspecified atom stereocenters. The number of amides is 2. The number of nitrogens with one attached hydrogen (secondary N) is 2. The maximum atomic E-state index is 12.6. The van der Waals surface area contributed by atoms with Crippen LogP contribution in [0.2, 0.25) is 5.02 Å². The first kappa shape index (κ1) is 19.7. The molecule has 0 radical (unpaired) electrons. The van der Waals surface area contributed by atoms with Crippen molar-refractivity contribution in [3.05, 3.63) is 64.9 Å². The highest BCUT2D eigenvalue weighted by Gasteiger charge is 2.18. The van der Waals surface area contributed by atoms with Gasteiger partial charge in [-0.05, 0) is 48.5 Å². The normalized spacial score (nSPS) is 11.8. The van der Waals surface area contributed by atoms with Crippen molar-refractivity contribution < 1.29 is 24.0 Å². The van der Waals surface area contributed by atoms with Gasteiger partial charge in [-0.15, -0.1) is 0 Å². The third kappa shape index (κ3) is 4.62. The van der Waals surface area contributed by atoms with Crippen LogP contribution >= 0.6 is 11.6 Å². The van der Waals surface area contributed by atoms with Crippen LogP contribution < -0.4 is 15.5 Å². The average molecular weight is 403 g/mol. The van der Waals surface area contributed by atoms with E-state index in [1.54, 1.807) is 41.9 Å². The van der Waals surface area contributed by atoms with E-state index in [4.69, 9.17) is 26.0 Å². The molecule has 2 aromatic carbocycles. The minimum atomic E-state index is -0.616. The summed E-state index contributed by atoms with van der Waals surface area (Å²) in [4.78, 5) is 23.9. The highest BCUT2D eigenvalue weighted by Crippen LogP contribution is 2.23. The number of halogens is 1. The molecule has 0 fully saturated rings. The summed E-state index contributed by atoms with van der Waals surface area (Å²) in [6.07, 6.45) is 0.786. The number of hydrogen-bond acceptors (Lipinski definition) is 5. The summed E-state index contributed by atoms with van der Waals surface area (Å²) in [5, 5.41) is 12.8. The standard InChI is InChI=1S/C20H19ClN2O5/c1-2-3-18(27-15-7-4-12(5-8-15)19(24)23-26)22-20(25)17-11-13-10-14(21)6-9-16(13)28-17/h4-11,18,26H,2-3H2,1H3,(H,22,25)(H,23,24). The first-order valence-electron chi connectivity index (χ1n) is 8.71. The molecule has 8 heteroatoms. The topological polar surface area (TPSA) is 101 Å². The van der Waals surface area contributed by atoms with Crippen LogP contribution in [0.1, 0.15) is 40.7 Å². The molecule has 3 N–H and O–H groups in total. The lowest BCUT2D eigenvalue weighted by Gasteiger charge is -2.19. The third-order valence-corrected chi connectivity index (χ3v) is 4.28. The Morgan fingerprint density at radius 2 is 1.89 bits per heavy atom. The average Bonchev–Trinajstić information content (AvgIpc) is 3.11. The molecule has 28 heavy (non-hydrogen) atoms. The van der Waals surface area contributed by atoms with Crippen molar-refractivity contribution in [2.45, 2.75) is 26.0 Å². The van der Waals surface area contributed by atoms with Crippen LogP contribution in [-0.4, -0.2) is 23.2 Å². The zero-order valence-electron chi connectivity index (χ0n) is 15.1. The van der Waals surface area contributed by atoms with Crippen LogP contribution in [0.3, 0.4) is 0 Å². The van der Waals surface area contributed by atoms with Crippen molar-refractivity contribution in [1.82, 2.24) is 10.8 Å². The van der Waals surface area contributed by atoms with Crippen LogP contribution in [0.25, 0.3) is 11.0 Å². The fourth-order valence-corrected chi connectivity index (χ4v) is 2.86. The summed E-state index contributed by atoms with van der Waals surface area (Å²) in [5.41, 5.74) is 2.42. The number of hydroxylamine groups is 1. The van der Waals surface area contributed by atoms with Crippen molar-refractivity contribution >= 4 is 34.4 Å². The Hall–Kier alpha value is -3.03. The Bertz CT molecular complexity index is 984. The number of fused-ring (bicyclic) bond motifs is 1. The van der Waals surface area contributed by atoms with E-state index >= 15 is 0 Å². The second-order valence-electron chi connectivity index (χ2n) is 6.13. The Kier molecular flexibility index (Phi) is 6.18. The van der Waals surface area contributed by atoms with E-state index in [-0.39, 0.29) is 11.3 Å². The number of rotatable bonds is 7. The summed E-state index contributed by atoms with van der Waals surface area (Å²) < 4.78 is 11.4. The molecule has 0 saturated carbocycles. The first-order valence-corrected chi connectivity index (χ1v) is 9.09. The summed E-state index contributed by atoms with van der Waals surface area (Å²) in [6.45, 7) is 1.97. The van der Waals surface area contributed by atoms with Gasteiger partial charge in [-0.2, -0.15) is 0 Å². The van der Waals surface area contributed by atoms with E-state index in [1.165, 1.54) is 12.1 Å². The van der Waals surface area contributed by atoms with Crippen LogP contribution in [0.15, 0.2) is 52.9 Å². The summed E-state index contributed by atoms with van der Waals surface area (Å²) >= 11 is 5.96. The molecule has 3 aromatic rings. The SMILES string of the molecule is CCCC(NC(=O)c1cc2cc(Cl)ccc2o1)Oc1ccc(C(=O)NO)cc1. The highest BCUT2D eigenvalue weighted by atomic mass is 35.5. The van der Waals surface area contributed by atoms with Gasteiger partial charge in [0, 0.05) is 22.4 Å². The van der Waals surface area contributed by atoms with E-state index in [2.05, 4.69) is 5.32 Å². The van der Waals surface area contributed by atoms with Gasteiger partial charge in [0.25, 0.3) is 11.8 Å². The third-order valence-electron chi connectivity index (χ3n) is 4.04. The maximum Gasteiger partial charge on any atom is 0.289 e. The van der Waals surface area contributed by atoms with Crippen LogP contribution in [0.4, 0.5) is 0 Å². The minimum absolute atomic E-state index is 0.164. The lowest BCUT2D eigenvalue weighted by molar-refractivity contribution is 0.0706. The molecule has 0 bridgehead atoms. The molecule has 0 aliphatic heterocycles. The Morgan fingerprint density at radius 1 is 1.14 bits per heavy atom. The van der Waals surface area contributed by atoms with Gasteiger partial charge >= 0.3 is 0 Å². The molecule has 0 spiro atoms. The van der Waals surface area contributed by atoms with Gasteiger partial charge in [0.2, 0.25) is 0 Å². The minimum Gasteiger partial charge on any atom is -0.471 e. The highest BCUT2D eigenvalue weighted by molar-refractivity contribution is 6.31. The van der Waals surface area contributed by atoms with Crippen LogP contribution in [-0.2, 0) is 0 Å². The summed E-state index contributed by atoms with van der Waals surface area (Å²) in [5.74, 6) is -0.376. The summed E-state index contributed by atoms with van der Waals surface area (Å²) in [6, 6.07) is 12.9. The fourth-order valence-electron chi connectivity index (χ4n) is 2.68. The fraction of sp³-hybridized carbons (Fsp3) is 0.200. The zero-order chi connectivity index (χ0) is 20.1. The van der Waals surface area contributed by atoms with E-state index in [9.17, 15) is 9.59 Å².